The molecule has 0 saturated carbocycles. The molecule has 0 bridgehead atoms. The Labute approximate surface area is 121 Å². The molecule has 0 saturated heterocycles. The molecule has 0 aliphatic heterocycles. The number of hydrogen-bond acceptors (Lipinski definition) is 5. The number of esters is 1. The molecule has 0 N–H and O–H groups in total. The number of halogens is 1. The monoisotopic (exact) mass is 292 g/mol. The normalized spacial score (nSPS) is 10.2. The van der Waals surface area contributed by atoms with Gasteiger partial charge < -0.3 is 9.47 Å². The van der Waals surface area contributed by atoms with Crippen LogP contribution < -0.4 is 4.74 Å². The molecule has 2 heterocycles. The van der Waals surface area contributed by atoms with Crippen LogP contribution in [0.3, 0.4) is 0 Å². The van der Waals surface area contributed by atoms with Crippen LogP contribution in [0.2, 0.25) is 5.15 Å². The maximum absolute atomic E-state index is 11.9. The Morgan fingerprint density at radius 1 is 1.25 bits per heavy atom. The van der Waals surface area contributed by atoms with E-state index in [1.165, 1.54) is 20.4 Å². The Morgan fingerprint density at radius 2 is 2.00 bits per heavy atom. The second kappa shape index (κ2) is 5.88. The van der Waals surface area contributed by atoms with Gasteiger partial charge in [0.2, 0.25) is 0 Å². The van der Waals surface area contributed by atoms with Crippen molar-refractivity contribution in [3.8, 4) is 16.9 Å². The van der Waals surface area contributed by atoms with Crippen LogP contribution in [-0.2, 0) is 4.74 Å². The third-order valence-electron chi connectivity index (χ3n) is 2.80. The summed E-state index contributed by atoms with van der Waals surface area (Å²) >= 11 is 6.02. The quantitative estimate of drug-likeness (QED) is 0.643. The fraction of sp³-hybridized carbons (Fsp3) is 0.214. The van der Waals surface area contributed by atoms with Crippen LogP contribution in [0.25, 0.3) is 11.1 Å². The molecule has 20 heavy (non-hydrogen) atoms. The molecule has 0 amide bonds. The molecule has 0 spiro atoms. The van der Waals surface area contributed by atoms with E-state index in [0.29, 0.717) is 22.4 Å². The Balaban J connectivity index is 2.72. The summed E-state index contributed by atoms with van der Waals surface area (Å²) in [5.74, 6) is -0.0626. The minimum Gasteiger partial charge on any atom is -0.493 e. The minimum absolute atomic E-state index is 0.232. The van der Waals surface area contributed by atoms with Crippen molar-refractivity contribution in [2.24, 2.45) is 0 Å². The average molecular weight is 293 g/mol. The molecule has 2 aromatic rings. The zero-order valence-corrected chi connectivity index (χ0v) is 12.1. The van der Waals surface area contributed by atoms with E-state index in [4.69, 9.17) is 21.1 Å². The first-order chi connectivity index (χ1) is 9.58. The van der Waals surface area contributed by atoms with Gasteiger partial charge in [0.15, 0.2) is 10.9 Å². The molecule has 2 aromatic heterocycles. The fourth-order valence-corrected chi connectivity index (χ4v) is 2.12. The summed E-state index contributed by atoms with van der Waals surface area (Å²) in [6.07, 6.45) is 3.03. The Kier molecular flexibility index (Phi) is 4.20. The number of hydrogen-bond donors (Lipinski definition) is 0. The van der Waals surface area contributed by atoms with Gasteiger partial charge in [0.25, 0.3) is 0 Å². The van der Waals surface area contributed by atoms with Gasteiger partial charge in [0.05, 0.1) is 19.8 Å². The van der Waals surface area contributed by atoms with Crippen LogP contribution in [0.5, 0.6) is 5.75 Å². The summed E-state index contributed by atoms with van der Waals surface area (Å²) in [6, 6.07) is 3.51. The summed E-state index contributed by atoms with van der Waals surface area (Å²) in [6.45, 7) is 1.83. The van der Waals surface area contributed by atoms with Crippen molar-refractivity contribution >= 4 is 17.6 Å². The van der Waals surface area contributed by atoms with E-state index in [-0.39, 0.29) is 5.15 Å². The first kappa shape index (κ1) is 14.3. The van der Waals surface area contributed by atoms with Crippen molar-refractivity contribution in [2.75, 3.05) is 14.2 Å². The van der Waals surface area contributed by atoms with Crippen molar-refractivity contribution in [3.63, 3.8) is 0 Å². The van der Waals surface area contributed by atoms with Gasteiger partial charge in [-0.2, -0.15) is 0 Å². The minimum atomic E-state index is -0.470. The number of methoxy groups -OCH3 is 2. The van der Waals surface area contributed by atoms with Crippen molar-refractivity contribution in [1.82, 2.24) is 9.97 Å². The number of carbonyl (C=O) groups is 1. The Bertz CT molecular complexity index is 659. The first-order valence-corrected chi connectivity index (χ1v) is 6.20. The highest BCUT2D eigenvalue weighted by Crippen LogP contribution is 2.36. The third kappa shape index (κ3) is 2.58. The highest BCUT2D eigenvalue weighted by Gasteiger charge is 2.19. The summed E-state index contributed by atoms with van der Waals surface area (Å²) in [5, 5.41) is 0.232. The molecule has 0 aliphatic carbocycles. The number of pyridine rings is 2. The van der Waals surface area contributed by atoms with E-state index in [1.807, 2.05) is 6.92 Å². The lowest BCUT2D eigenvalue weighted by molar-refractivity contribution is 0.0601. The average Bonchev–Trinajstić information content (AvgIpc) is 2.46. The van der Waals surface area contributed by atoms with Gasteiger partial charge in [-0.3, -0.25) is 4.98 Å². The van der Waals surface area contributed by atoms with Crippen molar-refractivity contribution in [3.05, 3.63) is 40.9 Å². The number of rotatable bonds is 3. The highest BCUT2D eigenvalue weighted by molar-refractivity contribution is 6.31. The van der Waals surface area contributed by atoms with E-state index >= 15 is 0 Å². The molecular weight excluding hydrogens is 280 g/mol. The molecule has 0 aliphatic rings. The van der Waals surface area contributed by atoms with Crippen LogP contribution in [-0.4, -0.2) is 30.2 Å². The number of aromatic nitrogens is 2. The summed E-state index contributed by atoms with van der Waals surface area (Å²) < 4.78 is 10.0. The first-order valence-electron chi connectivity index (χ1n) is 5.82. The molecule has 2 rings (SSSR count). The van der Waals surface area contributed by atoms with Gasteiger partial charge in [0, 0.05) is 29.2 Å². The Morgan fingerprint density at radius 3 is 2.65 bits per heavy atom. The molecule has 6 heteroatoms. The predicted molar refractivity (Wildman–Crippen MR) is 75.1 cm³/mol. The smallest absolute Gasteiger partial charge is 0.340 e. The topological polar surface area (TPSA) is 61.3 Å². The van der Waals surface area contributed by atoms with Gasteiger partial charge in [-0.05, 0) is 19.1 Å². The lowest BCUT2D eigenvalue weighted by Crippen LogP contribution is -2.06. The van der Waals surface area contributed by atoms with Crippen LogP contribution in [0.4, 0.5) is 0 Å². The van der Waals surface area contributed by atoms with Gasteiger partial charge in [-0.25, -0.2) is 9.78 Å². The Hall–Kier alpha value is -2.14. The summed E-state index contributed by atoms with van der Waals surface area (Å²) in [4.78, 5) is 19.9. The zero-order valence-electron chi connectivity index (χ0n) is 11.3. The van der Waals surface area contributed by atoms with Gasteiger partial charge in [0.1, 0.15) is 0 Å². The SMILES string of the molecule is COC(=O)c1cnc(C)cc1-c1ccnc(Cl)c1OC. The summed E-state index contributed by atoms with van der Waals surface area (Å²) in [7, 11) is 2.82. The van der Waals surface area contributed by atoms with Crippen molar-refractivity contribution in [2.45, 2.75) is 6.92 Å². The molecule has 0 fully saturated rings. The number of aryl methyl sites for hydroxylation is 1. The number of nitrogens with zero attached hydrogens (tertiary/aromatic N) is 2. The lowest BCUT2D eigenvalue weighted by atomic mass is 10.0. The molecule has 0 aromatic carbocycles. The van der Waals surface area contributed by atoms with E-state index in [1.54, 1.807) is 18.3 Å². The second-order valence-electron chi connectivity index (χ2n) is 4.05. The maximum atomic E-state index is 11.9. The lowest BCUT2D eigenvalue weighted by Gasteiger charge is -2.13. The highest BCUT2D eigenvalue weighted by atomic mass is 35.5. The molecule has 0 atom stereocenters. The van der Waals surface area contributed by atoms with Crippen molar-refractivity contribution < 1.29 is 14.3 Å². The van der Waals surface area contributed by atoms with Crippen LogP contribution in [0.15, 0.2) is 24.5 Å². The van der Waals surface area contributed by atoms with Crippen LogP contribution >= 0.6 is 11.6 Å². The fourth-order valence-electron chi connectivity index (χ4n) is 1.88. The molecule has 5 nitrogen and oxygen atoms in total. The maximum Gasteiger partial charge on any atom is 0.340 e. The molecular formula is C14H13ClN2O3. The van der Waals surface area contributed by atoms with Crippen LogP contribution in [0.1, 0.15) is 16.1 Å². The molecule has 0 unspecified atom stereocenters. The van der Waals surface area contributed by atoms with Gasteiger partial charge >= 0.3 is 5.97 Å². The van der Waals surface area contributed by atoms with Gasteiger partial charge in [-0.1, -0.05) is 11.6 Å². The predicted octanol–water partition coefficient (Wildman–Crippen LogP) is 2.90. The molecule has 104 valence electrons. The van der Waals surface area contributed by atoms with E-state index in [2.05, 4.69) is 9.97 Å². The standard InChI is InChI=1S/C14H13ClN2O3/c1-8-6-10(11(7-17-8)14(18)20-3)9-4-5-16-13(15)12(9)19-2/h4-7H,1-3H3. The van der Waals surface area contributed by atoms with Crippen molar-refractivity contribution in [1.29, 1.82) is 0 Å². The van der Waals surface area contributed by atoms with Gasteiger partial charge in [-0.15, -0.1) is 0 Å². The third-order valence-corrected chi connectivity index (χ3v) is 3.07. The van der Waals surface area contributed by atoms with E-state index in [9.17, 15) is 4.79 Å². The van der Waals surface area contributed by atoms with E-state index < -0.39 is 5.97 Å². The number of ether oxygens (including phenoxy) is 2. The largest absolute Gasteiger partial charge is 0.493 e. The zero-order chi connectivity index (χ0) is 14.7. The summed E-state index contributed by atoms with van der Waals surface area (Å²) in [5.41, 5.74) is 2.42. The molecule has 0 radical (unpaired) electrons. The number of carbonyl (C=O) groups excluding carboxylic acids is 1. The van der Waals surface area contributed by atoms with E-state index in [0.717, 1.165) is 5.69 Å². The van der Waals surface area contributed by atoms with Crippen LogP contribution in [0, 0.1) is 6.92 Å². The second-order valence-corrected chi connectivity index (χ2v) is 4.40.